The van der Waals surface area contributed by atoms with E-state index in [1.807, 2.05) is 24.3 Å². The van der Waals surface area contributed by atoms with E-state index in [4.69, 9.17) is 0 Å². The van der Waals surface area contributed by atoms with Gasteiger partial charge in [0.15, 0.2) is 0 Å². The van der Waals surface area contributed by atoms with Gasteiger partial charge in [0, 0.05) is 6.42 Å². The molecule has 5 nitrogen and oxygen atoms in total. The van der Waals surface area contributed by atoms with Crippen LogP contribution in [-0.4, -0.2) is 40.6 Å². The second kappa shape index (κ2) is 12.6. The third kappa shape index (κ3) is 8.13. The largest absolute Gasteiger partial charge is 0.469 e. The molecule has 1 aromatic carbocycles. The van der Waals surface area contributed by atoms with Crippen LogP contribution in [0.1, 0.15) is 69.1 Å². The summed E-state index contributed by atoms with van der Waals surface area (Å²) >= 11 is 0. The summed E-state index contributed by atoms with van der Waals surface area (Å²) in [7, 11) is 1.32. The Kier molecular flexibility index (Phi) is 10.9. The number of hydrogen-bond acceptors (Lipinski definition) is 5. The van der Waals surface area contributed by atoms with Crippen LogP contribution in [-0.2, 0) is 9.53 Å². The van der Waals surface area contributed by atoms with E-state index in [0.29, 0.717) is 19.3 Å². The van der Waals surface area contributed by atoms with Gasteiger partial charge in [-0.3, -0.25) is 4.79 Å². The van der Waals surface area contributed by atoms with E-state index in [9.17, 15) is 20.1 Å². The minimum atomic E-state index is -1.03. The highest BCUT2D eigenvalue weighted by Gasteiger charge is 2.15. The zero-order valence-corrected chi connectivity index (χ0v) is 15.8. The maximum absolute atomic E-state index is 11.1. The third-order valence-electron chi connectivity index (χ3n) is 4.41. The van der Waals surface area contributed by atoms with Gasteiger partial charge in [0.2, 0.25) is 0 Å². The fourth-order valence-electron chi connectivity index (χ4n) is 2.77. The van der Waals surface area contributed by atoms with Gasteiger partial charge < -0.3 is 20.1 Å². The molecule has 0 radical (unpaired) electrons. The Morgan fingerprint density at radius 3 is 2.54 bits per heavy atom. The quantitative estimate of drug-likeness (QED) is 0.391. The molecule has 3 N–H and O–H groups in total. The van der Waals surface area contributed by atoms with Crippen LogP contribution in [0.25, 0.3) is 6.08 Å². The first-order chi connectivity index (χ1) is 12.5. The summed E-state index contributed by atoms with van der Waals surface area (Å²) in [4.78, 5) is 11.1. The summed E-state index contributed by atoms with van der Waals surface area (Å²) < 4.78 is 4.55. The summed E-state index contributed by atoms with van der Waals surface area (Å²) in [5.41, 5.74) is 1.66. The lowest BCUT2D eigenvalue weighted by molar-refractivity contribution is -0.140. The first-order valence-corrected chi connectivity index (χ1v) is 9.37. The predicted molar refractivity (Wildman–Crippen MR) is 102 cm³/mol. The van der Waals surface area contributed by atoms with Crippen LogP contribution in [0.2, 0.25) is 0 Å². The van der Waals surface area contributed by atoms with Crippen LogP contribution in [0, 0.1) is 0 Å². The molecule has 3 atom stereocenters. The highest BCUT2D eigenvalue weighted by molar-refractivity contribution is 5.69. The first-order valence-electron chi connectivity index (χ1n) is 9.37. The van der Waals surface area contributed by atoms with Crippen molar-refractivity contribution >= 4 is 12.0 Å². The topological polar surface area (TPSA) is 87.0 Å². The van der Waals surface area contributed by atoms with Gasteiger partial charge in [0.05, 0.1) is 25.4 Å². The van der Waals surface area contributed by atoms with Crippen LogP contribution >= 0.6 is 0 Å². The maximum atomic E-state index is 11.1. The molecule has 1 rings (SSSR count). The zero-order chi connectivity index (χ0) is 19.4. The molecule has 0 aromatic heterocycles. The van der Waals surface area contributed by atoms with Gasteiger partial charge >= 0.3 is 5.97 Å². The van der Waals surface area contributed by atoms with Crippen molar-refractivity contribution in [2.24, 2.45) is 0 Å². The van der Waals surface area contributed by atoms with Crippen molar-refractivity contribution in [2.45, 2.75) is 70.2 Å². The summed E-state index contributed by atoms with van der Waals surface area (Å²) in [5, 5.41) is 30.5. The number of benzene rings is 1. The lowest BCUT2D eigenvalue weighted by Crippen LogP contribution is -2.23. The van der Waals surface area contributed by atoms with Crippen molar-refractivity contribution in [3.8, 4) is 0 Å². The molecule has 0 heterocycles. The number of methoxy groups -OCH3 is 1. The molecule has 1 unspecified atom stereocenters. The summed E-state index contributed by atoms with van der Waals surface area (Å²) in [5.74, 6) is -0.326. The maximum Gasteiger partial charge on any atom is 0.305 e. The van der Waals surface area contributed by atoms with Crippen LogP contribution < -0.4 is 0 Å². The molecule has 26 heavy (non-hydrogen) atoms. The SMILES string of the molecule is CCCCCC(O)c1ccccc1C=C[C@@H](O)[C@@H](O)CCCC(=O)OC. The van der Waals surface area contributed by atoms with Gasteiger partial charge in [-0.05, 0) is 30.4 Å². The molecule has 0 fully saturated rings. The third-order valence-corrected chi connectivity index (χ3v) is 4.41. The molecule has 0 aliphatic rings. The Balaban J connectivity index is 2.62. The lowest BCUT2D eigenvalue weighted by Gasteiger charge is -2.16. The molecule has 1 aromatic rings. The number of ether oxygens (including phenoxy) is 1. The average molecular weight is 364 g/mol. The highest BCUT2D eigenvalue weighted by Crippen LogP contribution is 2.24. The Hall–Kier alpha value is -1.69. The fraction of sp³-hybridized carbons (Fsp3) is 0.571. The van der Waals surface area contributed by atoms with Gasteiger partial charge in [-0.1, -0.05) is 62.6 Å². The van der Waals surface area contributed by atoms with Gasteiger partial charge in [-0.15, -0.1) is 0 Å². The van der Waals surface area contributed by atoms with E-state index >= 15 is 0 Å². The van der Waals surface area contributed by atoms with Crippen molar-refractivity contribution in [1.29, 1.82) is 0 Å². The number of aliphatic hydroxyl groups is 3. The van der Waals surface area contributed by atoms with E-state index in [-0.39, 0.29) is 12.4 Å². The van der Waals surface area contributed by atoms with Crippen LogP contribution in [0.3, 0.4) is 0 Å². The molecule has 0 aliphatic heterocycles. The van der Waals surface area contributed by atoms with Crippen molar-refractivity contribution in [3.05, 3.63) is 41.5 Å². The van der Waals surface area contributed by atoms with Crippen LogP contribution in [0.5, 0.6) is 0 Å². The Morgan fingerprint density at radius 1 is 1.12 bits per heavy atom. The zero-order valence-electron chi connectivity index (χ0n) is 15.8. The minimum Gasteiger partial charge on any atom is -0.469 e. The Labute approximate surface area is 156 Å². The minimum absolute atomic E-state index is 0.219. The lowest BCUT2D eigenvalue weighted by atomic mass is 9.97. The van der Waals surface area contributed by atoms with Crippen molar-refractivity contribution in [1.82, 2.24) is 0 Å². The van der Waals surface area contributed by atoms with Gasteiger partial charge in [-0.25, -0.2) is 0 Å². The van der Waals surface area contributed by atoms with Gasteiger partial charge in [0.1, 0.15) is 0 Å². The number of aliphatic hydroxyl groups excluding tert-OH is 3. The number of carbonyl (C=O) groups is 1. The smallest absolute Gasteiger partial charge is 0.305 e. The number of esters is 1. The molecule has 0 spiro atoms. The van der Waals surface area contributed by atoms with E-state index < -0.39 is 18.3 Å². The predicted octanol–water partition coefficient (Wildman–Crippen LogP) is 3.38. The van der Waals surface area contributed by atoms with Gasteiger partial charge in [-0.2, -0.15) is 0 Å². The second-order valence-electron chi connectivity index (χ2n) is 6.53. The van der Waals surface area contributed by atoms with Gasteiger partial charge in [0.25, 0.3) is 0 Å². The number of unbranched alkanes of at least 4 members (excludes halogenated alkanes) is 2. The molecule has 146 valence electrons. The fourth-order valence-corrected chi connectivity index (χ4v) is 2.77. The normalized spacial score (nSPS) is 15.0. The second-order valence-corrected chi connectivity index (χ2v) is 6.53. The number of rotatable bonds is 12. The Morgan fingerprint density at radius 2 is 1.85 bits per heavy atom. The molecule has 0 saturated carbocycles. The molecule has 0 saturated heterocycles. The summed E-state index contributed by atoms with van der Waals surface area (Å²) in [6.45, 7) is 2.13. The molecule has 0 amide bonds. The molecular formula is C21H32O5. The van der Waals surface area contributed by atoms with E-state index in [0.717, 1.165) is 30.4 Å². The first kappa shape index (κ1) is 22.4. The van der Waals surface area contributed by atoms with Crippen LogP contribution in [0.4, 0.5) is 0 Å². The average Bonchev–Trinajstić information content (AvgIpc) is 2.66. The molecule has 5 heteroatoms. The molecular weight excluding hydrogens is 332 g/mol. The van der Waals surface area contributed by atoms with Crippen LogP contribution in [0.15, 0.2) is 30.3 Å². The highest BCUT2D eigenvalue weighted by atomic mass is 16.5. The molecule has 0 aliphatic carbocycles. The van der Waals surface area contributed by atoms with Crippen molar-refractivity contribution in [2.75, 3.05) is 7.11 Å². The summed E-state index contributed by atoms with van der Waals surface area (Å²) in [6, 6.07) is 7.52. The van der Waals surface area contributed by atoms with Crippen molar-refractivity contribution < 1.29 is 24.9 Å². The summed E-state index contributed by atoms with van der Waals surface area (Å²) in [6.07, 6.45) is 5.59. The molecule has 0 bridgehead atoms. The monoisotopic (exact) mass is 364 g/mol. The van der Waals surface area contributed by atoms with E-state index in [2.05, 4.69) is 11.7 Å². The van der Waals surface area contributed by atoms with E-state index in [1.165, 1.54) is 13.2 Å². The number of carbonyl (C=O) groups excluding carboxylic acids is 1. The number of hydrogen-bond donors (Lipinski definition) is 3. The standard InChI is InChI=1S/C21H32O5/c1-3-4-5-11-18(22)17-10-7-6-9-16(17)14-15-20(24)19(23)12-8-13-21(25)26-2/h6-7,9-10,14-15,18-20,22-24H,3-5,8,11-13H2,1-2H3/t18?,19-,20+/m0/s1. The van der Waals surface area contributed by atoms with E-state index in [1.54, 1.807) is 6.08 Å². The Bertz CT molecular complexity index is 555. The van der Waals surface area contributed by atoms with Crippen molar-refractivity contribution in [3.63, 3.8) is 0 Å².